The van der Waals surface area contributed by atoms with Crippen molar-refractivity contribution in [3.8, 4) is 39.1 Å². The Morgan fingerprint density at radius 1 is 0.500 bits per heavy atom. The second-order valence-electron chi connectivity index (χ2n) is 15.6. The number of carbonyl (C=O) groups excluding carboxylic acids is 1. The molecule has 2 aliphatic rings. The average molecular weight is 702 g/mol. The zero-order valence-corrected chi connectivity index (χ0v) is 31.5. The summed E-state index contributed by atoms with van der Waals surface area (Å²) < 4.78 is 5.87. The number of hydrogen-bond acceptors (Lipinski definition) is 3. The summed E-state index contributed by atoms with van der Waals surface area (Å²) in [7, 11) is 0. The van der Waals surface area contributed by atoms with Crippen LogP contribution in [0.15, 0.2) is 158 Å². The predicted octanol–water partition coefficient (Wildman–Crippen LogP) is 13.2. The van der Waals surface area contributed by atoms with E-state index < -0.39 is 0 Å². The number of esters is 1. The Morgan fingerprint density at radius 2 is 0.963 bits per heavy atom. The molecule has 0 radical (unpaired) electrons. The fraction of sp³-hybridized carbons (Fsp3) is 0.157. The third-order valence-electron chi connectivity index (χ3n) is 11.8. The van der Waals surface area contributed by atoms with Crippen LogP contribution in [0, 0.1) is 0 Å². The van der Waals surface area contributed by atoms with Gasteiger partial charge in [0.15, 0.2) is 0 Å². The van der Waals surface area contributed by atoms with Crippen molar-refractivity contribution in [1.82, 2.24) is 0 Å². The molecule has 0 amide bonds. The van der Waals surface area contributed by atoms with Crippen LogP contribution in [0.3, 0.4) is 0 Å². The quantitative estimate of drug-likeness (QED) is 0.122. The van der Waals surface area contributed by atoms with E-state index in [-0.39, 0.29) is 16.8 Å². The largest absolute Gasteiger partial charge is 0.423 e. The van der Waals surface area contributed by atoms with Gasteiger partial charge in [-0.2, -0.15) is 0 Å². The van der Waals surface area contributed by atoms with Crippen LogP contribution in [0.5, 0.6) is 5.75 Å². The lowest BCUT2D eigenvalue weighted by Gasteiger charge is -2.29. The Kier molecular flexibility index (Phi) is 7.94. The molecule has 3 nitrogen and oxygen atoms in total. The number of ether oxygens (including phenoxy) is 1. The Hall–Kier alpha value is -6.19. The van der Waals surface area contributed by atoms with Crippen molar-refractivity contribution in [2.45, 2.75) is 51.9 Å². The molecule has 3 heteroatoms. The van der Waals surface area contributed by atoms with E-state index in [0.717, 1.165) is 29.0 Å². The lowest BCUT2D eigenvalue weighted by molar-refractivity contribution is 0.0735. The number of aryl methyl sites for hydroxylation is 1. The molecule has 0 aliphatic heterocycles. The third-order valence-corrected chi connectivity index (χ3v) is 11.8. The Morgan fingerprint density at radius 3 is 1.50 bits per heavy atom. The summed E-state index contributed by atoms with van der Waals surface area (Å²) in [5.74, 6) is 0.135. The number of carbonyl (C=O) groups is 1. The summed E-state index contributed by atoms with van der Waals surface area (Å²) in [6.45, 7) is 11.4. The molecule has 9 rings (SSSR count). The molecule has 54 heavy (non-hydrogen) atoms. The van der Waals surface area contributed by atoms with Crippen molar-refractivity contribution in [3.05, 3.63) is 191 Å². The Bertz CT molecular complexity index is 2470. The van der Waals surface area contributed by atoms with E-state index in [9.17, 15) is 4.79 Å². The first-order chi connectivity index (χ1) is 26.1. The molecular formula is C51H43NO2. The summed E-state index contributed by atoms with van der Waals surface area (Å²) in [6, 6.07) is 55.2. The maximum atomic E-state index is 13.5. The zero-order valence-electron chi connectivity index (χ0n) is 31.5. The Balaban J connectivity index is 1.07. The smallest absolute Gasteiger partial charge is 0.343 e. The molecular weight excluding hydrogens is 659 g/mol. The molecule has 7 aromatic carbocycles. The molecule has 0 heterocycles. The van der Waals surface area contributed by atoms with Crippen LogP contribution in [0.1, 0.15) is 72.8 Å². The van der Waals surface area contributed by atoms with Crippen LogP contribution >= 0.6 is 0 Å². The lowest BCUT2D eigenvalue weighted by Crippen LogP contribution is -2.18. The molecule has 0 bridgehead atoms. The number of rotatable bonds is 7. The summed E-state index contributed by atoms with van der Waals surface area (Å²) in [4.78, 5) is 15.8. The first kappa shape index (κ1) is 33.6. The minimum Gasteiger partial charge on any atom is -0.423 e. The van der Waals surface area contributed by atoms with Crippen LogP contribution < -0.4 is 9.64 Å². The molecule has 0 saturated carbocycles. The topological polar surface area (TPSA) is 29.5 Å². The van der Waals surface area contributed by atoms with E-state index in [4.69, 9.17) is 4.74 Å². The van der Waals surface area contributed by atoms with Gasteiger partial charge in [-0.25, -0.2) is 4.79 Å². The van der Waals surface area contributed by atoms with E-state index in [0.29, 0.717) is 11.3 Å². The molecule has 264 valence electrons. The first-order valence-corrected chi connectivity index (χ1v) is 18.9. The molecule has 0 spiro atoms. The fourth-order valence-corrected chi connectivity index (χ4v) is 8.84. The number of fused-ring (bicyclic) bond motifs is 6. The maximum absolute atomic E-state index is 13.5. The van der Waals surface area contributed by atoms with Crippen LogP contribution in [0.4, 0.5) is 17.1 Å². The van der Waals surface area contributed by atoms with Crippen molar-refractivity contribution >= 4 is 23.0 Å². The standard InChI is InChI=1S/C51H43NO2/c1-6-33-13-7-8-14-40(33)34-21-27-39(28-22-34)54-49(53)35-19-23-36(24-20-35)52(37-25-29-43-41-15-9-11-17-45(41)50(2,3)47(43)31-37)38-26-30-44-42-16-10-12-18-46(42)51(4,5)48(44)32-38/h7-32H,6H2,1-5H3. The van der Waals surface area contributed by atoms with E-state index in [2.05, 4.69) is 149 Å². The normalized spacial score (nSPS) is 14.1. The highest BCUT2D eigenvalue weighted by molar-refractivity contribution is 5.93. The Labute approximate surface area is 318 Å². The minimum atomic E-state index is -0.385. The van der Waals surface area contributed by atoms with Gasteiger partial charge in [0, 0.05) is 27.9 Å². The fourth-order valence-electron chi connectivity index (χ4n) is 8.84. The van der Waals surface area contributed by atoms with Gasteiger partial charge in [-0.05, 0) is 128 Å². The van der Waals surface area contributed by atoms with Gasteiger partial charge in [0.05, 0.1) is 5.56 Å². The van der Waals surface area contributed by atoms with Crippen LogP contribution in [0.25, 0.3) is 33.4 Å². The van der Waals surface area contributed by atoms with Gasteiger partial charge in [0.25, 0.3) is 0 Å². The third kappa shape index (κ3) is 5.38. The molecule has 0 unspecified atom stereocenters. The highest BCUT2D eigenvalue weighted by Gasteiger charge is 2.37. The number of benzene rings is 7. The van der Waals surface area contributed by atoms with Crippen LogP contribution in [-0.4, -0.2) is 5.97 Å². The molecule has 0 fully saturated rings. The summed E-state index contributed by atoms with van der Waals surface area (Å²) in [5.41, 5.74) is 17.4. The first-order valence-electron chi connectivity index (χ1n) is 18.9. The van der Waals surface area contributed by atoms with Crippen molar-refractivity contribution in [1.29, 1.82) is 0 Å². The number of hydrogen-bond donors (Lipinski definition) is 0. The minimum absolute atomic E-state index is 0.139. The summed E-state index contributed by atoms with van der Waals surface area (Å²) in [6.07, 6.45) is 0.956. The summed E-state index contributed by atoms with van der Waals surface area (Å²) >= 11 is 0. The van der Waals surface area contributed by atoms with Crippen molar-refractivity contribution in [2.24, 2.45) is 0 Å². The van der Waals surface area contributed by atoms with Gasteiger partial charge >= 0.3 is 5.97 Å². The van der Waals surface area contributed by atoms with Gasteiger partial charge in [-0.3, -0.25) is 0 Å². The molecule has 0 atom stereocenters. The lowest BCUT2D eigenvalue weighted by atomic mass is 9.82. The van der Waals surface area contributed by atoms with E-state index in [1.165, 1.54) is 55.6 Å². The van der Waals surface area contributed by atoms with E-state index in [1.54, 1.807) is 0 Å². The van der Waals surface area contributed by atoms with Gasteiger partial charge in [-0.1, -0.05) is 132 Å². The predicted molar refractivity (Wildman–Crippen MR) is 222 cm³/mol. The van der Waals surface area contributed by atoms with Crippen molar-refractivity contribution in [3.63, 3.8) is 0 Å². The van der Waals surface area contributed by atoms with Gasteiger partial charge in [-0.15, -0.1) is 0 Å². The van der Waals surface area contributed by atoms with E-state index in [1.807, 2.05) is 48.5 Å². The molecule has 2 aliphatic carbocycles. The summed E-state index contributed by atoms with van der Waals surface area (Å²) in [5, 5.41) is 0. The maximum Gasteiger partial charge on any atom is 0.343 e. The molecule has 0 N–H and O–H groups in total. The van der Waals surface area contributed by atoms with Gasteiger partial charge in [0.2, 0.25) is 0 Å². The molecule has 7 aromatic rings. The van der Waals surface area contributed by atoms with E-state index >= 15 is 0 Å². The molecule has 0 aromatic heterocycles. The SMILES string of the molecule is CCc1ccccc1-c1ccc(OC(=O)c2ccc(N(c3ccc4c(c3)C(C)(C)c3ccccc3-4)c3ccc4c(c3)C(C)(C)c3ccccc3-4)cc2)cc1. The van der Waals surface area contributed by atoms with Gasteiger partial charge in [0.1, 0.15) is 5.75 Å². The van der Waals surface area contributed by atoms with Crippen LogP contribution in [0.2, 0.25) is 0 Å². The highest BCUT2D eigenvalue weighted by Crippen LogP contribution is 2.53. The monoisotopic (exact) mass is 701 g/mol. The zero-order chi connectivity index (χ0) is 37.2. The van der Waals surface area contributed by atoms with Crippen molar-refractivity contribution in [2.75, 3.05) is 4.90 Å². The number of anilines is 3. The second kappa shape index (κ2) is 12.7. The van der Waals surface area contributed by atoms with Crippen molar-refractivity contribution < 1.29 is 9.53 Å². The second-order valence-corrected chi connectivity index (χ2v) is 15.6. The number of nitrogens with zero attached hydrogens (tertiary/aromatic N) is 1. The van der Waals surface area contributed by atoms with Crippen LogP contribution in [-0.2, 0) is 17.3 Å². The van der Waals surface area contributed by atoms with Gasteiger partial charge < -0.3 is 9.64 Å². The average Bonchev–Trinajstić information content (AvgIpc) is 3.57. The highest BCUT2D eigenvalue weighted by atomic mass is 16.5. The molecule has 0 saturated heterocycles.